The molecule has 1 aromatic carbocycles. The molecule has 0 heterocycles. The quantitative estimate of drug-likeness (QED) is 0.718. The maximum Gasteiger partial charge on any atom is 0.320 e. The number of nitrogens with one attached hydrogen (secondary N) is 1. The van der Waals surface area contributed by atoms with E-state index in [0.29, 0.717) is 5.69 Å². The molecule has 0 saturated heterocycles. The predicted octanol–water partition coefficient (Wildman–Crippen LogP) is 1.75. The molecule has 1 atom stereocenters. The molecule has 0 saturated carbocycles. The topological polar surface area (TPSA) is 92.4 Å². The van der Waals surface area contributed by atoms with Gasteiger partial charge >= 0.3 is 5.97 Å². The number of carboxylic acid groups (broad SMARTS) is 1. The van der Waals surface area contributed by atoms with Crippen LogP contribution < -0.4 is 11.1 Å². The van der Waals surface area contributed by atoms with Crippen LogP contribution in [0.4, 0.5) is 5.69 Å². The van der Waals surface area contributed by atoms with Crippen LogP contribution in [0.15, 0.2) is 24.3 Å². The van der Waals surface area contributed by atoms with Crippen molar-refractivity contribution in [1.29, 1.82) is 0 Å². The van der Waals surface area contributed by atoms with Gasteiger partial charge < -0.3 is 16.2 Å². The first-order chi connectivity index (χ1) is 8.70. The zero-order valence-electron chi connectivity index (χ0n) is 10.8. The molecule has 0 aromatic heterocycles. The number of halogens is 1. The van der Waals surface area contributed by atoms with Gasteiger partial charge in [-0.2, -0.15) is 0 Å². The number of hydrogen-bond acceptors (Lipinski definition) is 3. The Hall–Kier alpha value is -1.40. The maximum atomic E-state index is 11.7. The Kier molecular flexibility index (Phi) is 5.08. The number of hydrogen-bond donors (Lipinski definition) is 3. The van der Waals surface area contributed by atoms with E-state index in [0.717, 1.165) is 5.56 Å². The number of anilines is 1. The number of benzene rings is 1. The first kappa shape index (κ1) is 15.7. The lowest BCUT2D eigenvalue weighted by molar-refractivity contribution is -0.138. The van der Waals surface area contributed by atoms with Crippen LogP contribution in [0.2, 0.25) is 0 Å². The van der Waals surface area contributed by atoms with Crippen LogP contribution in [0.5, 0.6) is 0 Å². The van der Waals surface area contributed by atoms with E-state index in [1.807, 2.05) is 0 Å². The van der Waals surface area contributed by atoms with Crippen molar-refractivity contribution in [1.82, 2.24) is 0 Å². The largest absolute Gasteiger partial charge is 0.480 e. The van der Waals surface area contributed by atoms with Crippen molar-refractivity contribution in [2.75, 3.05) is 5.32 Å². The summed E-state index contributed by atoms with van der Waals surface area (Å²) in [5.74, 6) is -1.18. The van der Waals surface area contributed by atoms with E-state index < -0.39 is 16.3 Å². The normalized spacial score (nSPS) is 12.8. The number of nitrogens with two attached hydrogens (primary N) is 1. The van der Waals surface area contributed by atoms with E-state index in [2.05, 4.69) is 21.2 Å². The molecule has 1 unspecified atom stereocenters. The summed E-state index contributed by atoms with van der Waals surface area (Å²) in [7, 11) is 0. The second kappa shape index (κ2) is 6.16. The molecular formula is C13H17BrN2O3. The Bertz CT molecular complexity index is 466. The highest BCUT2D eigenvalue weighted by Crippen LogP contribution is 2.19. The van der Waals surface area contributed by atoms with Crippen molar-refractivity contribution in [2.24, 2.45) is 5.73 Å². The van der Waals surface area contributed by atoms with Gasteiger partial charge in [0.15, 0.2) is 0 Å². The molecule has 1 aromatic rings. The third-order valence-corrected chi connectivity index (χ3v) is 2.88. The molecule has 6 heteroatoms. The predicted molar refractivity (Wildman–Crippen MR) is 77.4 cm³/mol. The molecule has 0 spiro atoms. The molecule has 0 fully saturated rings. The molecule has 4 N–H and O–H groups in total. The molecule has 19 heavy (non-hydrogen) atoms. The summed E-state index contributed by atoms with van der Waals surface area (Å²) in [6, 6.07) is 6.03. The first-order valence-corrected chi connectivity index (χ1v) is 6.57. The molecule has 5 nitrogen and oxygen atoms in total. The molecule has 1 amide bonds. The molecule has 0 radical (unpaired) electrons. The molecule has 1 rings (SSSR count). The molecular weight excluding hydrogens is 312 g/mol. The van der Waals surface area contributed by atoms with Crippen LogP contribution in [-0.2, 0) is 16.0 Å². The van der Waals surface area contributed by atoms with Crippen molar-refractivity contribution >= 4 is 33.5 Å². The van der Waals surface area contributed by atoms with Crippen LogP contribution in [-0.4, -0.2) is 27.3 Å². The highest BCUT2D eigenvalue weighted by atomic mass is 79.9. The van der Waals surface area contributed by atoms with Gasteiger partial charge in [0, 0.05) is 5.69 Å². The van der Waals surface area contributed by atoms with Gasteiger partial charge in [-0.3, -0.25) is 9.59 Å². The van der Waals surface area contributed by atoms with Gasteiger partial charge in [-0.25, -0.2) is 0 Å². The molecule has 0 aliphatic heterocycles. The number of alkyl halides is 1. The molecule has 0 bridgehead atoms. The maximum absolute atomic E-state index is 11.7. The summed E-state index contributed by atoms with van der Waals surface area (Å²) < 4.78 is -0.642. The van der Waals surface area contributed by atoms with Crippen LogP contribution in [0, 0.1) is 0 Å². The summed E-state index contributed by atoms with van der Waals surface area (Å²) in [5, 5.41) is 11.5. The second-order valence-corrected chi connectivity index (χ2v) is 6.75. The average molecular weight is 329 g/mol. The number of carboxylic acids is 1. The minimum Gasteiger partial charge on any atom is -0.480 e. The lowest BCUT2D eigenvalue weighted by atomic mass is 10.1. The Morgan fingerprint density at radius 3 is 2.32 bits per heavy atom. The number of amides is 1. The van der Waals surface area contributed by atoms with Crippen molar-refractivity contribution in [3.8, 4) is 0 Å². The Morgan fingerprint density at radius 1 is 1.37 bits per heavy atom. The highest BCUT2D eigenvalue weighted by Gasteiger charge is 2.23. The zero-order chi connectivity index (χ0) is 14.6. The van der Waals surface area contributed by atoms with E-state index >= 15 is 0 Å². The minimum absolute atomic E-state index is 0.150. The fourth-order valence-corrected chi connectivity index (χ4v) is 1.44. The van der Waals surface area contributed by atoms with Gasteiger partial charge in [0.1, 0.15) is 6.04 Å². The van der Waals surface area contributed by atoms with Crippen LogP contribution in [0.1, 0.15) is 19.4 Å². The van der Waals surface area contributed by atoms with Gasteiger partial charge in [0.2, 0.25) is 5.91 Å². The third kappa shape index (κ3) is 5.00. The smallest absolute Gasteiger partial charge is 0.320 e. The lowest BCUT2D eigenvalue weighted by Gasteiger charge is -2.16. The summed E-state index contributed by atoms with van der Waals surface area (Å²) >= 11 is 3.27. The highest BCUT2D eigenvalue weighted by molar-refractivity contribution is 9.10. The summed E-state index contributed by atoms with van der Waals surface area (Å²) in [4.78, 5) is 22.4. The van der Waals surface area contributed by atoms with E-state index in [-0.39, 0.29) is 12.3 Å². The lowest BCUT2D eigenvalue weighted by Crippen LogP contribution is -2.32. The number of carbonyl (C=O) groups excluding carboxylic acids is 1. The van der Waals surface area contributed by atoms with E-state index in [1.54, 1.807) is 38.1 Å². The Balaban J connectivity index is 2.67. The fourth-order valence-electron chi connectivity index (χ4n) is 1.35. The van der Waals surface area contributed by atoms with Gasteiger partial charge in [-0.15, -0.1) is 0 Å². The molecule has 104 valence electrons. The number of aliphatic carboxylic acids is 1. The minimum atomic E-state index is -1.03. The fraction of sp³-hybridized carbons (Fsp3) is 0.385. The summed E-state index contributed by atoms with van der Waals surface area (Å²) in [6.45, 7) is 3.51. The number of carbonyl (C=O) groups is 2. The van der Waals surface area contributed by atoms with Gasteiger partial charge in [-0.1, -0.05) is 28.1 Å². The van der Waals surface area contributed by atoms with Crippen molar-refractivity contribution in [2.45, 2.75) is 30.6 Å². The SMILES string of the molecule is CC(C)(Br)C(=O)Nc1ccc(CC(N)C(=O)O)cc1. The summed E-state index contributed by atoms with van der Waals surface area (Å²) in [6.07, 6.45) is 0.257. The second-order valence-electron chi connectivity index (χ2n) is 4.77. The Labute approximate surface area is 120 Å². The molecule has 0 aliphatic rings. The Morgan fingerprint density at radius 2 is 1.89 bits per heavy atom. The number of rotatable bonds is 5. The van der Waals surface area contributed by atoms with Crippen molar-refractivity contribution in [3.05, 3.63) is 29.8 Å². The zero-order valence-corrected chi connectivity index (χ0v) is 12.4. The van der Waals surface area contributed by atoms with E-state index in [9.17, 15) is 9.59 Å². The third-order valence-electron chi connectivity index (χ3n) is 2.52. The van der Waals surface area contributed by atoms with Gasteiger partial charge in [0.25, 0.3) is 0 Å². The van der Waals surface area contributed by atoms with Crippen LogP contribution in [0.3, 0.4) is 0 Å². The van der Waals surface area contributed by atoms with Gasteiger partial charge in [0.05, 0.1) is 4.32 Å². The summed E-state index contributed by atoms with van der Waals surface area (Å²) in [5.41, 5.74) is 6.92. The monoisotopic (exact) mass is 328 g/mol. The van der Waals surface area contributed by atoms with Crippen molar-refractivity contribution in [3.63, 3.8) is 0 Å². The first-order valence-electron chi connectivity index (χ1n) is 5.78. The standard InChI is InChI=1S/C13H17BrN2O3/c1-13(2,14)12(19)16-9-5-3-8(4-6-9)7-10(15)11(17)18/h3-6,10H,7,15H2,1-2H3,(H,16,19)(H,17,18). The van der Waals surface area contributed by atoms with Gasteiger partial charge in [-0.05, 0) is 38.0 Å². The van der Waals surface area contributed by atoms with E-state index in [4.69, 9.17) is 10.8 Å². The molecule has 0 aliphatic carbocycles. The van der Waals surface area contributed by atoms with Crippen molar-refractivity contribution < 1.29 is 14.7 Å². The van der Waals surface area contributed by atoms with E-state index in [1.165, 1.54) is 0 Å². The average Bonchev–Trinajstić information content (AvgIpc) is 2.30. The van der Waals surface area contributed by atoms with Crippen LogP contribution in [0.25, 0.3) is 0 Å². The van der Waals surface area contributed by atoms with Crippen LogP contribution >= 0.6 is 15.9 Å².